The standard InChI is InChI=1S/C19H21NO2/c1-20(2)17-12-16(14-5-3-4-6-15(14)17)13-7-8-18-19(11-13)22-10-9-21-18/h3-8,11,16-17H,9-10,12H2,1-2H3/t16-,17-/m0/s1. The van der Waals surface area contributed by atoms with E-state index in [0.29, 0.717) is 25.2 Å². The third-order valence-corrected chi connectivity index (χ3v) is 4.78. The lowest BCUT2D eigenvalue weighted by Gasteiger charge is -2.22. The van der Waals surface area contributed by atoms with Crippen molar-refractivity contribution in [2.45, 2.75) is 18.4 Å². The van der Waals surface area contributed by atoms with E-state index in [-0.39, 0.29) is 0 Å². The van der Waals surface area contributed by atoms with Crippen LogP contribution in [0.1, 0.15) is 35.1 Å². The lowest BCUT2D eigenvalue weighted by atomic mass is 9.92. The number of hydrogen-bond acceptors (Lipinski definition) is 3. The third kappa shape index (κ3) is 2.17. The van der Waals surface area contributed by atoms with Gasteiger partial charge in [0.25, 0.3) is 0 Å². The second kappa shape index (κ2) is 5.33. The first kappa shape index (κ1) is 13.6. The molecule has 4 rings (SSSR count). The fourth-order valence-electron chi connectivity index (χ4n) is 3.69. The van der Waals surface area contributed by atoms with Crippen molar-refractivity contribution in [3.63, 3.8) is 0 Å². The van der Waals surface area contributed by atoms with Gasteiger partial charge in [0.2, 0.25) is 0 Å². The molecule has 0 amide bonds. The molecule has 2 aromatic carbocycles. The van der Waals surface area contributed by atoms with Crippen molar-refractivity contribution in [1.29, 1.82) is 0 Å². The minimum absolute atomic E-state index is 0.430. The SMILES string of the molecule is CN(C)[C@H]1C[C@@H](c2ccc3c(c2)OCCO3)c2ccccc21. The van der Waals surface area contributed by atoms with Crippen molar-refractivity contribution in [1.82, 2.24) is 4.90 Å². The van der Waals surface area contributed by atoms with Gasteiger partial charge in [-0.15, -0.1) is 0 Å². The molecule has 0 spiro atoms. The van der Waals surface area contributed by atoms with E-state index in [9.17, 15) is 0 Å². The highest BCUT2D eigenvalue weighted by atomic mass is 16.6. The summed E-state index contributed by atoms with van der Waals surface area (Å²) in [6.45, 7) is 1.28. The zero-order chi connectivity index (χ0) is 15.1. The number of benzene rings is 2. The Bertz CT molecular complexity index is 696. The molecule has 0 unspecified atom stereocenters. The Balaban J connectivity index is 1.74. The molecule has 114 valence electrons. The first-order valence-electron chi connectivity index (χ1n) is 7.89. The van der Waals surface area contributed by atoms with Gasteiger partial charge in [-0.1, -0.05) is 30.3 Å². The summed E-state index contributed by atoms with van der Waals surface area (Å²) in [4.78, 5) is 2.32. The molecular formula is C19H21NO2. The Kier molecular flexibility index (Phi) is 3.30. The van der Waals surface area contributed by atoms with Crippen LogP contribution in [0.2, 0.25) is 0 Å². The summed E-state index contributed by atoms with van der Waals surface area (Å²) < 4.78 is 11.4. The molecule has 2 atom stereocenters. The molecule has 2 aliphatic rings. The summed E-state index contributed by atoms with van der Waals surface area (Å²) in [5, 5.41) is 0. The van der Waals surface area contributed by atoms with Crippen molar-refractivity contribution in [2.75, 3.05) is 27.3 Å². The molecule has 0 radical (unpaired) electrons. The van der Waals surface area contributed by atoms with Crippen LogP contribution in [0.15, 0.2) is 42.5 Å². The van der Waals surface area contributed by atoms with E-state index in [2.05, 4.69) is 61.5 Å². The van der Waals surface area contributed by atoms with Crippen LogP contribution in [0.4, 0.5) is 0 Å². The van der Waals surface area contributed by atoms with Gasteiger partial charge in [-0.05, 0) is 49.3 Å². The Morgan fingerprint density at radius 3 is 2.41 bits per heavy atom. The van der Waals surface area contributed by atoms with E-state index < -0.39 is 0 Å². The molecule has 0 bridgehead atoms. The molecule has 0 N–H and O–H groups in total. The van der Waals surface area contributed by atoms with Gasteiger partial charge in [0, 0.05) is 12.0 Å². The van der Waals surface area contributed by atoms with Crippen LogP contribution in [-0.2, 0) is 0 Å². The summed E-state index contributed by atoms with van der Waals surface area (Å²) in [5.74, 6) is 2.18. The molecule has 0 aromatic heterocycles. The first-order chi connectivity index (χ1) is 10.7. The number of nitrogens with zero attached hydrogens (tertiary/aromatic N) is 1. The van der Waals surface area contributed by atoms with Crippen molar-refractivity contribution >= 4 is 0 Å². The molecule has 1 aliphatic carbocycles. The summed E-state index contributed by atoms with van der Waals surface area (Å²) >= 11 is 0. The maximum atomic E-state index is 5.75. The summed E-state index contributed by atoms with van der Waals surface area (Å²) in [5.41, 5.74) is 4.21. The van der Waals surface area contributed by atoms with Crippen molar-refractivity contribution in [3.8, 4) is 11.5 Å². The van der Waals surface area contributed by atoms with Crippen LogP contribution >= 0.6 is 0 Å². The number of fused-ring (bicyclic) bond motifs is 2. The Labute approximate surface area is 131 Å². The lowest BCUT2D eigenvalue weighted by Crippen LogP contribution is -2.17. The second-order valence-electron chi connectivity index (χ2n) is 6.30. The smallest absolute Gasteiger partial charge is 0.161 e. The van der Waals surface area contributed by atoms with Gasteiger partial charge in [0.1, 0.15) is 13.2 Å². The number of hydrogen-bond donors (Lipinski definition) is 0. The van der Waals surface area contributed by atoms with Gasteiger partial charge in [-0.3, -0.25) is 0 Å². The van der Waals surface area contributed by atoms with E-state index in [1.807, 2.05) is 0 Å². The molecule has 1 aliphatic heterocycles. The van der Waals surface area contributed by atoms with Crippen LogP contribution in [0.3, 0.4) is 0 Å². The number of rotatable bonds is 2. The van der Waals surface area contributed by atoms with Crippen molar-refractivity contribution in [2.24, 2.45) is 0 Å². The highest BCUT2D eigenvalue weighted by Gasteiger charge is 2.33. The molecular weight excluding hydrogens is 274 g/mol. The van der Waals surface area contributed by atoms with E-state index >= 15 is 0 Å². The molecule has 2 aromatic rings. The predicted octanol–water partition coefficient (Wildman–Crippen LogP) is 3.60. The van der Waals surface area contributed by atoms with Gasteiger partial charge < -0.3 is 14.4 Å². The molecule has 0 fully saturated rings. The largest absolute Gasteiger partial charge is 0.486 e. The summed E-state index contributed by atoms with van der Waals surface area (Å²) in [6.07, 6.45) is 1.12. The van der Waals surface area contributed by atoms with Crippen LogP contribution in [0.25, 0.3) is 0 Å². The fraction of sp³-hybridized carbons (Fsp3) is 0.368. The number of ether oxygens (including phenoxy) is 2. The zero-order valence-electron chi connectivity index (χ0n) is 13.1. The van der Waals surface area contributed by atoms with Gasteiger partial charge in [-0.2, -0.15) is 0 Å². The van der Waals surface area contributed by atoms with Gasteiger partial charge in [0.05, 0.1) is 0 Å². The Morgan fingerprint density at radius 1 is 0.909 bits per heavy atom. The minimum atomic E-state index is 0.430. The van der Waals surface area contributed by atoms with Crippen molar-refractivity contribution < 1.29 is 9.47 Å². The molecule has 3 nitrogen and oxygen atoms in total. The Morgan fingerprint density at radius 2 is 1.64 bits per heavy atom. The van der Waals surface area contributed by atoms with Gasteiger partial charge in [-0.25, -0.2) is 0 Å². The predicted molar refractivity (Wildman–Crippen MR) is 86.8 cm³/mol. The van der Waals surface area contributed by atoms with Gasteiger partial charge >= 0.3 is 0 Å². The van der Waals surface area contributed by atoms with Crippen molar-refractivity contribution in [3.05, 3.63) is 59.2 Å². The topological polar surface area (TPSA) is 21.7 Å². The van der Waals surface area contributed by atoms with Crippen LogP contribution in [0, 0.1) is 0 Å². The van der Waals surface area contributed by atoms with E-state index in [0.717, 1.165) is 17.9 Å². The molecule has 22 heavy (non-hydrogen) atoms. The first-order valence-corrected chi connectivity index (χ1v) is 7.89. The monoisotopic (exact) mass is 295 g/mol. The van der Waals surface area contributed by atoms with Crippen LogP contribution < -0.4 is 9.47 Å². The van der Waals surface area contributed by atoms with E-state index in [1.54, 1.807) is 0 Å². The van der Waals surface area contributed by atoms with Crippen LogP contribution in [0.5, 0.6) is 11.5 Å². The molecule has 1 heterocycles. The molecule has 0 saturated carbocycles. The Hall–Kier alpha value is -2.00. The molecule has 0 saturated heterocycles. The summed E-state index contributed by atoms with van der Waals surface area (Å²) in [7, 11) is 4.32. The highest BCUT2D eigenvalue weighted by molar-refractivity contribution is 5.50. The fourth-order valence-corrected chi connectivity index (χ4v) is 3.69. The maximum Gasteiger partial charge on any atom is 0.161 e. The lowest BCUT2D eigenvalue weighted by molar-refractivity contribution is 0.171. The van der Waals surface area contributed by atoms with Crippen LogP contribution in [-0.4, -0.2) is 32.2 Å². The minimum Gasteiger partial charge on any atom is -0.486 e. The molecule has 3 heteroatoms. The quantitative estimate of drug-likeness (QED) is 0.845. The summed E-state index contributed by atoms with van der Waals surface area (Å²) in [6, 6.07) is 15.7. The zero-order valence-corrected chi connectivity index (χ0v) is 13.1. The average Bonchev–Trinajstić information content (AvgIpc) is 2.94. The van der Waals surface area contributed by atoms with E-state index in [4.69, 9.17) is 9.47 Å². The van der Waals surface area contributed by atoms with E-state index in [1.165, 1.54) is 16.7 Å². The average molecular weight is 295 g/mol. The van der Waals surface area contributed by atoms with Gasteiger partial charge in [0.15, 0.2) is 11.5 Å². The maximum absolute atomic E-state index is 5.75. The normalized spacial score (nSPS) is 22.7. The second-order valence-corrected chi connectivity index (χ2v) is 6.30. The highest BCUT2D eigenvalue weighted by Crippen LogP contribution is 2.47. The third-order valence-electron chi connectivity index (χ3n) is 4.78.